The van der Waals surface area contributed by atoms with Gasteiger partial charge in [-0.1, -0.05) is 6.07 Å². The van der Waals surface area contributed by atoms with Crippen molar-refractivity contribution in [3.8, 4) is 17.0 Å². The molecule has 4 rings (SSSR count). The summed E-state index contributed by atoms with van der Waals surface area (Å²) in [5, 5.41) is 13.8. The molecule has 0 bridgehead atoms. The van der Waals surface area contributed by atoms with Crippen LogP contribution in [-0.4, -0.2) is 78.3 Å². The number of fused-ring (bicyclic) bond motifs is 1. The summed E-state index contributed by atoms with van der Waals surface area (Å²) in [6.07, 6.45) is 1.30. The summed E-state index contributed by atoms with van der Waals surface area (Å²) < 4.78 is 47.7. The summed E-state index contributed by atoms with van der Waals surface area (Å²) in [4.78, 5) is 6.39. The molecule has 2 aromatic heterocycles. The Balaban J connectivity index is 1.69. The van der Waals surface area contributed by atoms with Gasteiger partial charge in [0.25, 0.3) is 0 Å². The Kier molecular flexibility index (Phi) is 7.15. The van der Waals surface area contributed by atoms with Gasteiger partial charge >= 0.3 is 0 Å². The molecule has 34 heavy (non-hydrogen) atoms. The van der Waals surface area contributed by atoms with Crippen molar-refractivity contribution in [2.75, 3.05) is 51.2 Å². The summed E-state index contributed by atoms with van der Waals surface area (Å²) in [5.41, 5.74) is 9.92. The topological polar surface area (TPSA) is 103 Å². The molecule has 182 valence electrons. The lowest BCUT2D eigenvalue weighted by molar-refractivity contribution is 0.149. The smallest absolute Gasteiger partial charge is 0.244 e. The predicted octanol–water partition coefficient (Wildman–Crippen LogP) is 4.24. The van der Waals surface area contributed by atoms with Crippen molar-refractivity contribution in [2.24, 2.45) is 5.11 Å². The van der Waals surface area contributed by atoms with Gasteiger partial charge in [0, 0.05) is 24.8 Å². The predicted molar refractivity (Wildman–Crippen MR) is 124 cm³/mol. The minimum Gasteiger partial charge on any atom is -0.479 e. The number of anilines is 2. The van der Waals surface area contributed by atoms with Crippen LogP contribution in [0.5, 0.6) is 5.88 Å². The second-order valence-corrected chi connectivity index (χ2v) is 8.28. The fraction of sp³-hybridized carbons (Fsp3) is 0.455. The molecule has 0 radical (unpaired) electrons. The molecular weight excluding hydrogens is 449 g/mol. The summed E-state index contributed by atoms with van der Waals surface area (Å²) in [5.74, 6) is 0.540. The zero-order chi connectivity index (χ0) is 24.2. The summed E-state index contributed by atoms with van der Waals surface area (Å²) in [7, 11) is 3.37. The summed E-state index contributed by atoms with van der Waals surface area (Å²) in [6.45, 7) is -0.690. The number of aromatic nitrogens is 3. The highest BCUT2D eigenvalue weighted by atomic mass is 19.1. The Morgan fingerprint density at radius 2 is 2.09 bits per heavy atom. The first-order chi connectivity index (χ1) is 16.5. The lowest BCUT2D eigenvalue weighted by Crippen LogP contribution is -2.46. The summed E-state index contributed by atoms with van der Waals surface area (Å²) in [6, 6.07) is 5.37. The highest BCUT2D eigenvalue weighted by Crippen LogP contribution is 2.36. The molecule has 0 spiro atoms. The van der Waals surface area contributed by atoms with E-state index in [4.69, 9.17) is 10.3 Å². The molecule has 9 nitrogen and oxygen atoms in total. The van der Waals surface area contributed by atoms with E-state index in [0.29, 0.717) is 35.3 Å². The van der Waals surface area contributed by atoms with E-state index >= 15 is 0 Å². The third-order valence-corrected chi connectivity index (χ3v) is 5.89. The monoisotopic (exact) mass is 476 g/mol. The SMILES string of the molecule is COc1nc(N[C@H]2CCN(C)C[C@H]2F)nn2ccc(-c3ccc(N=N)c(NC(CF)CF)c3)c12. The van der Waals surface area contributed by atoms with E-state index in [1.165, 1.54) is 7.11 Å². The molecule has 1 aromatic carbocycles. The van der Waals surface area contributed by atoms with Crippen LogP contribution in [0.25, 0.3) is 16.6 Å². The molecule has 0 aliphatic carbocycles. The first-order valence-corrected chi connectivity index (χ1v) is 10.9. The maximum atomic E-state index is 14.5. The molecule has 0 unspecified atom stereocenters. The average molecular weight is 477 g/mol. The van der Waals surface area contributed by atoms with E-state index in [0.717, 1.165) is 6.54 Å². The number of alkyl halides is 3. The molecule has 0 amide bonds. The average Bonchev–Trinajstić information content (AvgIpc) is 3.27. The molecule has 3 N–H and O–H groups in total. The third-order valence-electron chi connectivity index (χ3n) is 5.89. The van der Waals surface area contributed by atoms with E-state index < -0.39 is 31.6 Å². The van der Waals surface area contributed by atoms with Crippen molar-refractivity contribution >= 4 is 22.8 Å². The Morgan fingerprint density at radius 1 is 1.29 bits per heavy atom. The van der Waals surface area contributed by atoms with Crippen molar-refractivity contribution < 1.29 is 17.9 Å². The van der Waals surface area contributed by atoms with Gasteiger partial charge in [-0.2, -0.15) is 10.1 Å². The van der Waals surface area contributed by atoms with Crippen molar-refractivity contribution in [1.82, 2.24) is 19.5 Å². The number of nitrogens with one attached hydrogen (secondary N) is 3. The van der Waals surface area contributed by atoms with Crippen molar-refractivity contribution in [1.29, 1.82) is 5.53 Å². The first kappa shape index (κ1) is 23.7. The van der Waals surface area contributed by atoms with Gasteiger partial charge in [-0.05, 0) is 37.2 Å². The van der Waals surface area contributed by atoms with Crippen LogP contribution in [-0.2, 0) is 0 Å². The maximum Gasteiger partial charge on any atom is 0.244 e. The van der Waals surface area contributed by atoms with Crippen molar-refractivity contribution in [3.63, 3.8) is 0 Å². The molecule has 1 aliphatic rings. The molecular formula is C22H27F3N8O. The van der Waals surface area contributed by atoms with Gasteiger partial charge in [-0.3, -0.25) is 0 Å². The van der Waals surface area contributed by atoms with Gasteiger partial charge in [-0.25, -0.2) is 23.2 Å². The normalized spacial score (nSPS) is 18.9. The van der Waals surface area contributed by atoms with E-state index in [-0.39, 0.29) is 17.5 Å². The lowest BCUT2D eigenvalue weighted by Gasteiger charge is -2.32. The molecule has 1 saturated heterocycles. The van der Waals surface area contributed by atoms with Crippen LogP contribution in [0.1, 0.15) is 6.42 Å². The number of methoxy groups -OCH3 is 1. The fourth-order valence-electron chi connectivity index (χ4n) is 4.07. The van der Waals surface area contributed by atoms with Crippen LogP contribution < -0.4 is 15.4 Å². The minimum absolute atomic E-state index is 0.253. The van der Waals surface area contributed by atoms with Crippen molar-refractivity contribution in [2.45, 2.75) is 24.7 Å². The molecule has 1 fully saturated rings. The maximum absolute atomic E-state index is 14.5. The van der Waals surface area contributed by atoms with Crippen LogP contribution >= 0.6 is 0 Å². The van der Waals surface area contributed by atoms with Gasteiger partial charge in [0.05, 0.1) is 24.9 Å². The number of rotatable bonds is 9. The van der Waals surface area contributed by atoms with Crippen LogP contribution in [0.3, 0.4) is 0 Å². The number of benzene rings is 1. The Hall–Kier alpha value is -3.41. The Bertz CT molecular complexity index is 1150. The molecule has 0 saturated carbocycles. The van der Waals surface area contributed by atoms with Gasteiger partial charge in [0.15, 0.2) is 0 Å². The van der Waals surface area contributed by atoms with Gasteiger partial charge in [0.1, 0.15) is 30.7 Å². The summed E-state index contributed by atoms with van der Waals surface area (Å²) >= 11 is 0. The number of nitrogens with zero attached hydrogens (tertiary/aromatic N) is 5. The first-order valence-electron chi connectivity index (χ1n) is 10.9. The zero-order valence-electron chi connectivity index (χ0n) is 18.9. The molecule has 2 atom stereocenters. The number of hydrogen-bond donors (Lipinski definition) is 3. The second-order valence-electron chi connectivity index (χ2n) is 8.28. The van der Waals surface area contributed by atoms with Crippen LogP contribution in [0.2, 0.25) is 0 Å². The van der Waals surface area contributed by atoms with E-state index in [1.807, 2.05) is 18.0 Å². The number of hydrogen-bond acceptors (Lipinski definition) is 8. The van der Waals surface area contributed by atoms with E-state index in [2.05, 4.69) is 25.8 Å². The van der Waals surface area contributed by atoms with Crippen LogP contribution in [0.4, 0.5) is 30.5 Å². The minimum atomic E-state index is -1.05. The molecule has 1 aliphatic heterocycles. The quantitative estimate of drug-likeness (QED) is 0.399. The van der Waals surface area contributed by atoms with Crippen LogP contribution in [0, 0.1) is 5.53 Å². The van der Waals surface area contributed by atoms with Gasteiger partial charge < -0.3 is 20.3 Å². The highest BCUT2D eigenvalue weighted by Gasteiger charge is 2.28. The van der Waals surface area contributed by atoms with Gasteiger partial charge in [-0.15, -0.1) is 5.10 Å². The van der Waals surface area contributed by atoms with Crippen LogP contribution in [0.15, 0.2) is 35.6 Å². The number of ether oxygens (including phenoxy) is 1. The largest absolute Gasteiger partial charge is 0.479 e. The van der Waals surface area contributed by atoms with Crippen molar-refractivity contribution in [3.05, 3.63) is 30.5 Å². The standard InChI is InChI=1S/C22H27F3N8O/c1-32-7-6-17(16(25)12-32)28-22-29-21(34-2)20-15(5-8-33(20)31-22)13-3-4-18(30-26)19(9-13)27-14(10-23)11-24/h3-5,8-9,14,16-17,26-27H,6-7,10-12H2,1-2H3,(H,28,31)/t16-,17+/m1/s1. The van der Waals surface area contributed by atoms with E-state index in [1.54, 1.807) is 28.9 Å². The highest BCUT2D eigenvalue weighted by molar-refractivity contribution is 5.87. The molecule has 3 aromatic rings. The zero-order valence-corrected chi connectivity index (χ0v) is 18.9. The number of likely N-dealkylation sites (tertiary alicyclic amines) is 1. The Labute approximate surface area is 194 Å². The lowest BCUT2D eigenvalue weighted by atomic mass is 10.0. The molecule has 3 heterocycles. The Morgan fingerprint density at radius 3 is 2.76 bits per heavy atom. The fourth-order valence-corrected chi connectivity index (χ4v) is 4.07. The van der Waals surface area contributed by atoms with Gasteiger partial charge in [0.2, 0.25) is 11.8 Å². The third kappa shape index (κ3) is 4.76. The second kappa shape index (κ2) is 10.2. The number of halogens is 3. The number of piperidine rings is 1. The van der Waals surface area contributed by atoms with E-state index in [9.17, 15) is 13.2 Å². The molecule has 12 heteroatoms.